The van der Waals surface area contributed by atoms with Crippen molar-refractivity contribution >= 4 is 23.5 Å². The van der Waals surface area contributed by atoms with E-state index < -0.39 is 17.8 Å². The molecule has 10 heteroatoms. The maximum absolute atomic E-state index is 13.9. The second-order valence-corrected chi connectivity index (χ2v) is 7.56. The number of rotatable bonds is 5. The summed E-state index contributed by atoms with van der Waals surface area (Å²) in [4.78, 5) is 45.3. The van der Waals surface area contributed by atoms with Gasteiger partial charge in [0.1, 0.15) is 18.9 Å². The Labute approximate surface area is 172 Å². The minimum Gasteiger partial charge on any atom is -0.337 e. The number of aromatic nitrogens is 2. The van der Waals surface area contributed by atoms with Crippen LogP contribution in [0.25, 0.3) is 0 Å². The van der Waals surface area contributed by atoms with E-state index >= 15 is 0 Å². The number of imide groups is 1. The molecule has 1 N–H and O–H groups in total. The normalized spacial score (nSPS) is 21.5. The maximum Gasteiger partial charge on any atom is 0.327 e. The third kappa shape index (κ3) is 3.89. The zero-order chi connectivity index (χ0) is 21.3. The lowest BCUT2D eigenvalue weighted by atomic mass is 9.81. The summed E-state index contributed by atoms with van der Waals surface area (Å²) < 4.78 is 18.9. The van der Waals surface area contributed by atoms with Crippen LogP contribution in [0.15, 0.2) is 28.8 Å². The standard InChI is InChI=1S/C20H22FN5O4/c1-12-22-18(30-24-12)11-26-19(28)13-6-2-5-9-16(13)25(20(26)29)10-17(27)23-15-8-4-3-7-14(15)21/h3-4,7-8,13,16H,2,5-6,9-11H2,1H3,(H,23,27). The van der Waals surface area contributed by atoms with Crippen molar-refractivity contribution in [1.29, 1.82) is 0 Å². The van der Waals surface area contributed by atoms with Crippen molar-refractivity contribution in [2.24, 2.45) is 5.92 Å². The predicted molar refractivity (Wildman–Crippen MR) is 102 cm³/mol. The molecule has 2 aliphatic rings. The number of halogens is 1. The van der Waals surface area contributed by atoms with Crippen LogP contribution >= 0.6 is 0 Å². The first kappa shape index (κ1) is 20.0. The van der Waals surface area contributed by atoms with Gasteiger partial charge in [-0.1, -0.05) is 30.1 Å². The molecule has 1 aromatic heterocycles. The summed E-state index contributed by atoms with van der Waals surface area (Å²) in [6, 6.07) is 4.88. The van der Waals surface area contributed by atoms with Crippen LogP contribution in [0, 0.1) is 18.7 Å². The number of carbonyl (C=O) groups excluding carboxylic acids is 3. The van der Waals surface area contributed by atoms with Gasteiger partial charge in [0.05, 0.1) is 11.6 Å². The molecule has 2 atom stereocenters. The van der Waals surface area contributed by atoms with Crippen LogP contribution in [0.2, 0.25) is 0 Å². The topological polar surface area (TPSA) is 109 Å². The van der Waals surface area contributed by atoms with Gasteiger partial charge in [0.15, 0.2) is 5.82 Å². The second kappa shape index (κ2) is 8.21. The SMILES string of the molecule is Cc1noc(CN2C(=O)C3CCCCC3N(CC(=O)Nc3ccccc3F)C2=O)n1. The molecule has 4 amide bonds. The second-order valence-electron chi connectivity index (χ2n) is 7.56. The number of benzene rings is 1. The Hall–Kier alpha value is -3.30. The zero-order valence-electron chi connectivity index (χ0n) is 16.5. The van der Waals surface area contributed by atoms with Gasteiger partial charge in [-0.3, -0.25) is 14.5 Å². The van der Waals surface area contributed by atoms with Crippen LogP contribution in [-0.2, 0) is 16.1 Å². The molecule has 9 nitrogen and oxygen atoms in total. The van der Waals surface area contributed by atoms with Gasteiger partial charge >= 0.3 is 6.03 Å². The first-order valence-electron chi connectivity index (χ1n) is 9.89. The predicted octanol–water partition coefficient (Wildman–Crippen LogP) is 2.48. The highest BCUT2D eigenvalue weighted by Crippen LogP contribution is 2.35. The van der Waals surface area contributed by atoms with Gasteiger partial charge in [-0.25, -0.2) is 9.18 Å². The van der Waals surface area contributed by atoms with Crippen molar-refractivity contribution < 1.29 is 23.3 Å². The first-order chi connectivity index (χ1) is 14.4. The summed E-state index contributed by atoms with van der Waals surface area (Å²) in [6.07, 6.45) is 3.03. The van der Waals surface area contributed by atoms with Crippen LogP contribution in [0.4, 0.5) is 14.9 Å². The number of nitrogens with one attached hydrogen (secondary N) is 1. The fourth-order valence-electron chi connectivity index (χ4n) is 4.14. The quantitative estimate of drug-likeness (QED) is 0.804. The summed E-state index contributed by atoms with van der Waals surface area (Å²) in [5, 5.41) is 6.19. The van der Waals surface area contributed by atoms with Gasteiger partial charge < -0.3 is 14.7 Å². The summed E-state index contributed by atoms with van der Waals surface area (Å²) in [7, 11) is 0. The Bertz CT molecular complexity index is 978. The number of hydrogen-bond acceptors (Lipinski definition) is 6. The Morgan fingerprint density at radius 2 is 2.03 bits per heavy atom. The van der Waals surface area contributed by atoms with E-state index in [-0.39, 0.29) is 42.5 Å². The molecule has 2 heterocycles. The van der Waals surface area contributed by atoms with Crippen molar-refractivity contribution in [1.82, 2.24) is 19.9 Å². The number of para-hydroxylation sites is 1. The molecule has 158 valence electrons. The van der Waals surface area contributed by atoms with E-state index in [1.807, 2.05) is 0 Å². The monoisotopic (exact) mass is 415 g/mol. The Balaban J connectivity index is 1.54. The van der Waals surface area contributed by atoms with Crippen molar-refractivity contribution in [3.8, 4) is 0 Å². The molecule has 1 saturated heterocycles. The van der Waals surface area contributed by atoms with Gasteiger partial charge in [0.2, 0.25) is 17.7 Å². The highest BCUT2D eigenvalue weighted by molar-refractivity contribution is 6.01. The smallest absolute Gasteiger partial charge is 0.327 e. The third-order valence-corrected chi connectivity index (χ3v) is 5.51. The number of hydrogen-bond donors (Lipinski definition) is 1. The molecule has 1 aliphatic heterocycles. The number of anilines is 1. The van der Waals surface area contributed by atoms with Crippen molar-refractivity contribution in [2.75, 3.05) is 11.9 Å². The molecule has 1 aromatic carbocycles. The number of carbonyl (C=O) groups is 3. The highest BCUT2D eigenvalue weighted by Gasteiger charge is 2.47. The highest BCUT2D eigenvalue weighted by atomic mass is 19.1. The number of urea groups is 1. The van der Waals surface area contributed by atoms with E-state index in [1.165, 1.54) is 23.1 Å². The lowest BCUT2D eigenvalue weighted by Gasteiger charge is -2.46. The van der Waals surface area contributed by atoms with E-state index in [0.29, 0.717) is 18.7 Å². The minimum absolute atomic E-state index is 0.0430. The Morgan fingerprint density at radius 1 is 1.27 bits per heavy atom. The van der Waals surface area contributed by atoms with Crippen LogP contribution in [0.1, 0.15) is 37.4 Å². The Morgan fingerprint density at radius 3 is 2.77 bits per heavy atom. The number of aryl methyl sites for hydroxylation is 1. The fraction of sp³-hybridized carbons (Fsp3) is 0.450. The van der Waals surface area contributed by atoms with E-state index in [2.05, 4.69) is 15.5 Å². The lowest BCUT2D eigenvalue weighted by molar-refractivity contribution is -0.142. The molecular formula is C20H22FN5O4. The largest absolute Gasteiger partial charge is 0.337 e. The molecule has 1 aliphatic carbocycles. The molecule has 2 fully saturated rings. The third-order valence-electron chi connectivity index (χ3n) is 5.51. The molecule has 30 heavy (non-hydrogen) atoms. The van der Waals surface area contributed by atoms with Crippen LogP contribution < -0.4 is 5.32 Å². The van der Waals surface area contributed by atoms with Crippen LogP contribution in [0.3, 0.4) is 0 Å². The summed E-state index contributed by atoms with van der Waals surface area (Å²) >= 11 is 0. The van der Waals surface area contributed by atoms with E-state index in [4.69, 9.17) is 4.52 Å². The summed E-state index contributed by atoms with van der Waals surface area (Å²) in [6.45, 7) is 1.22. The van der Waals surface area contributed by atoms with Gasteiger partial charge in [-0.15, -0.1) is 0 Å². The fourth-order valence-corrected chi connectivity index (χ4v) is 4.14. The first-order valence-corrected chi connectivity index (χ1v) is 9.89. The van der Waals surface area contributed by atoms with Crippen LogP contribution in [-0.4, -0.2) is 50.4 Å². The number of fused-ring (bicyclic) bond motifs is 1. The van der Waals surface area contributed by atoms with E-state index in [1.54, 1.807) is 13.0 Å². The van der Waals surface area contributed by atoms with Gasteiger partial charge in [0.25, 0.3) is 0 Å². The molecule has 0 spiro atoms. The average molecular weight is 415 g/mol. The summed E-state index contributed by atoms with van der Waals surface area (Å²) in [5.74, 6) is -1.21. The molecule has 1 saturated carbocycles. The number of nitrogens with zero attached hydrogens (tertiary/aromatic N) is 4. The van der Waals surface area contributed by atoms with E-state index in [0.717, 1.165) is 17.7 Å². The zero-order valence-corrected chi connectivity index (χ0v) is 16.5. The molecular weight excluding hydrogens is 393 g/mol. The van der Waals surface area contributed by atoms with E-state index in [9.17, 15) is 18.8 Å². The van der Waals surface area contributed by atoms with Crippen molar-refractivity contribution in [2.45, 2.75) is 45.2 Å². The van der Waals surface area contributed by atoms with Crippen molar-refractivity contribution in [3.63, 3.8) is 0 Å². The molecule has 0 bridgehead atoms. The molecule has 2 aromatic rings. The molecule has 4 rings (SSSR count). The Kier molecular flexibility index (Phi) is 5.47. The maximum atomic E-state index is 13.9. The summed E-state index contributed by atoms with van der Waals surface area (Å²) in [5.41, 5.74) is 0.0430. The molecule has 0 radical (unpaired) electrons. The lowest BCUT2D eigenvalue weighted by Crippen LogP contribution is -2.63. The molecule has 2 unspecified atom stereocenters. The average Bonchev–Trinajstić information content (AvgIpc) is 3.15. The minimum atomic E-state index is -0.581. The van der Waals surface area contributed by atoms with Gasteiger partial charge in [0, 0.05) is 6.04 Å². The van der Waals surface area contributed by atoms with Gasteiger partial charge in [-0.2, -0.15) is 4.98 Å². The number of amides is 4. The van der Waals surface area contributed by atoms with Crippen LogP contribution in [0.5, 0.6) is 0 Å². The van der Waals surface area contributed by atoms with Gasteiger partial charge in [-0.05, 0) is 31.9 Å². The van der Waals surface area contributed by atoms with Crippen molar-refractivity contribution in [3.05, 3.63) is 41.8 Å².